The first-order valence-electron chi connectivity index (χ1n) is 6.28. The molecule has 2 bridgehead atoms. The third-order valence-corrected chi connectivity index (χ3v) is 4.96. The Labute approximate surface area is 114 Å². The van der Waals surface area contributed by atoms with E-state index in [1.165, 1.54) is 32.0 Å². The second kappa shape index (κ2) is 3.81. The van der Waals surface area contributed by atoms with Crippen molar-refractivity contribution in [3.8, 4) is 0 Å². The molecule has 94 valence electrons. The summed E-state index contributed by atoms with van der Waals surface area (Å²) in [4.78, 5) is 12.6. The lowest BCUT2D eigenvalue weighted by atomic mass is 9.95. The Kier molecular flexibility index (Phi) is 2.33. The number of fused-ring (bicyclic) bond motifs is 3. The van der Waals surface area contributed by atoms with Gasteiger partial charge in [0.2, 0.25) is 5.28 Å². The molecule has 0 N–H and O–H groups in total. The standard InChI is InChI=1S/C12H12Cl2N4/c13-10-9-11(16-5-15-10)18(12(14)17-9)8-4-6-1-2-7(8)3-6/h5-8H,1-4H2/t6-,7+,8+/m0/s1. The summed E-state index contributed by atoms with van der Waals surface area (Å²) in [7, 11) is 0. The SMILES string of the molecule is Clc1ncnc2c1nc(Cl)n2[C@@H]1C[C@H]2CC[C@@H]1C2. The minimum absolute atomic E-state index is 0.379. The molecule has 0 unspecified atom stereocenters. The fourth-order valence-corrected chi connectivity index (χ4v) is 4.14. The first-order valence-corrected chi connectivity index (χ1v) is 7.03. The van der Waals surface area contributed by atoms with Gasteiger partial charge in [-0.15, -0.1) is 0 Å². The highest BCUT2D eigenvalue weighted by Crippen LogP contribution is 2.52. The van der Waals surface area contributed by atoms with E-state index in [0.717, 1.165) is 17.5 Å². The molecule has 4 nitrogen and oxygen atoms in total. The zero-order valence-electron chi connectivity index (χ0n) is 9.68. The molecular weight excluding hydrogens is 271 g/mol. The van der Waals surface area contributed by atoms with Crippen molar-refractivity contribution < 1.29 is 0 Å². The monoisotopic (exact) mass is 282 g/mol. The normalized spacial score (nSPS) is 30.4. The molecule has 2 aromatic heterocycles. The van der Waals surface area contributed by atoms with Gasteiger partial charge < -0.3 is 0 Å². The van der Waals surface area contributed by atoms with Crippen LogP contribution in [-0.4, -0.2) is 19.5 Å². The van der Waals surface area contributed by atoms with Gasteiger partial charge in [-0.25, -0.2) is 15.0 Å². The molecule has 2 aliphatic carbocycles. The Balaban J connectivity index is 1.90. The van der Waals surface area contributed by atoms with E-state index >= 15 is 0 Å². The summed E-state index contributed by atoms with van der Waals surface area (Å²) in [6, 6.07) is 0.437. The third-order valence-electron chi connectivity index (χ3n) is 4.42. The molecule has 0 radical (unpaired) electrons. The van der Waals surface area contributed by atoms with Crippen molar-refractivity contribution in [1.82, 2.24) is 19.5 Å². The summed E-state index contributed by atoms with van der Waals surface area (Å²) >= 11 is 12.3. The van der Waals surface area contributed by atoms with E-state index in [0.29, 0.717) is 22.0 Å². The molecule has 3 atom stereocenters. The molecule has 0 aromatic carbocycles. The van der Waals surface area contributed by atoms with Crippen LogP contribution in [0.25, 0.3) is 11.2 Å². The van der Waals surface area contributed by atoms with Crippen LogP contribution in [0.1, 0.15) is 31.7 Å². The second-order valence-electron chi connectivity index (χ2n) is 5.33. The highest BCUT2D eigenvalue weighted by molar-refractivity contribution is 6.34. The van der Waals surface area contributed by atoms with Gasteiger partial charge in [0.05, 0.1) is 0 Å². The average molecular weight is 283 g/mol. The van der Waals surface area contributed by atoms with Crippen molar-refractivity contribution in [2.75, 3.05) is 0 Å². The fraction of sp³-hybridized carbons (Fsp3) is 0.583. The van der Waals surface area contributed by atoms with Crippen LogP contribution in [-0.2, 0) is 0 Å². The van der Waals surface area contributed by atoms with E-state index in [1.54, 1.807) is 0 Å². The summed E-state index contributed by atoms with van der Waals surface area (Å²) in [6.45, 7) is 0. The number of imidazole rings is 1. The Hall–Kier alpha value is -0.870. The van der Waals surface area contributed by atoms with E-state index in [4.69, 9.17) is 23.2 Å². The largest absolute Gasteiger partial charge is 0.296 e. The van der Waals surface area contributed by atoms with E-state index in [2.05, 4.69) is 19.5 Å². The lowest BCUT2D eigenvalue weighted by Gasteiger charge is -2.23. The van der Waals surface area contributed by atoms with Crippen LogP contribution >= 0.6 is 23.2 Å². The van der Waals surface area contributed by atoms with Gasteiger partial charge in [0.15, 0.2) is 10.8 Å². The quantitative estimate of drug-likeness (QED) is 0.594. The minimum Gasteiger partial charge on any atom is -0.296 e. The van der Waals surface area contributed by atoms with E-state index in [1.807, 2.05) is 0 Å². The topological polar surface area (TPSA) is 43.6 Å². The number of hydrogen-bond donors (Lipinski definition) is 0. The molecule has 2 fully saturated rings. The number of aromatic nitrogens is 4. The van der Waals surface area contributed by atoms with E-state index in [9.17, 15) is 0 Å². The maximum atomic E-state index is 6.28. The molecule has 2 aliphatic rings. The van der Waals surface area contributed by atoms with Crippen molar-refractivity contribution in [2.24, 2.45) is 11.8 Å². The molecule has 2 saturated carbocycles. The summed E-state index contributed by atoms with van der Waals surface area (Å²) in [5.74, 6) is 1.57. The highest BCUT2D eigenvalue weighted by atomic mass is 35.5. The minimum atomic E-state index is 0.379. The van der Waals surface area contributed by atoms with Crippen LogP contribution in [0.15, 0.2) is 6.33 Å². The summed E-state index contributed by atoms with van der Waals surface area (Å²) in [5, 5.41) is 0.869. The van der Waals surface area contributed by atoms with Crippen molar-refractivity contribution in [3.63, 3.8) is 0 Å². The van der Waals surface area contributed by atoms with Gasteiger partial charge in [-0.05, 0) is 42.7 Å². The number of nitrogens with zero attached hydrogens (tertiary/aromatic N) is 4. The second-order valence-corrected chi connectivity index (χ2v) is 6.03. The van der Waals surface area contributed by atoms with E-state index in [-0.39, 0.29) is 0 Å². The van der Waals surface area contributed by atoms with Crippen LogP contribution in [0, 0.1) is 11.8 Å². The Morgan fingerprint density at radius 1 is 1.17 bits per heavy atom. The molecule has 0 saturated heterocycles. The predicted molar refractivity (Wildman–Crippen MR) is 69.8 cm³/mol. The van der Waals surface area contributed by atoms with Gasteiger partial charge in [0.1, 0.15) is 11.8 Å². The zero-order chi connectivity index (χ0) is 12.3. The van der Waals surface area contributed by atoms with E-state index < -0.39 is 0 Å². The Bertz CT molecular complexity index is 624. The lowest BCUT2D eigenvalue weighted by molar-refractivity contribution is 0.335. The Morgan fingerprint density at radius 3 is 2.78 bits per heavy atom. The molecular formula is C12H12Cl2N4. The van der Waals surface area contributed by atoms with Gasteiger partial charge in [0.25, 0.3) is 0 Å². The number of hydrogen-bond acceptors (Lipinski definition) is 3. The van der Waals surface area contributed by atoms with Gasteiger partial charge in [0, 0.05) is 6.04 Å². The van der Waals surface area contributed by atoms with Crippen LogP contribution in [0.3, 0.4) is 0 Å². The molecule has 0 amide bonds. The summed E-state index contributed by atoms with van der Waals surface area (Å²) in [5.41, 5.74) is 1.39. The van der Waals surface area contributed by atoms with Gasteiger partial charge in [-0.3, -0.25) is 4.57 Å². The number of halogens is 2. The van der Waals surface area contributed by atoms with Crippen molar-refractivity contribution in [2.45, 2.75) is 31.7 Å². The molecule has 2 aromatic rings. The van der Waals surface area contributed by atoms with Crippen molar-refractivity contribution in [3.05, 3.63) is 16.8 Å². The van der Waals surface area contributed by atoms with Crippen molar-refractivity contribution in [1.29, 1.82) is 0 Å². The summed E-state index contributed by atoms with van der Waals surface area (Å²) < 4.78 is 2.06. The van der Waals surface area contributed by atoms with Crippen LogP contribution in [0.2, 0.25) is 10.4 Å². The highest BCUT2D eigenvalue weighted by Gasteiger charge is 2.42. The zero-order valence-corrected chi connectivity index (χ0v) is 11.2. The van der Waals surface area contributed by atoms with Crippen LogP contribution < -0.4 is 0 Å². The van der Waals surface area contributed by atoms with Crippen LogP contribution in [0.4, 0.5) is 0 Å². The third kappa shape index (κ3) is 1.42. The smallest absolute Gasteiger partial charge is 0.205 e. The molecule has 4 rings (SSSR count). The van der Waals surface area contributed by atoms with Crippen molar-refractivity contribution >= 4 is 34.4 Å². The maximum Gasteiger partial charge on any atom is 0.205 e. The summed E-state index contributed by atoms with van der Waals surface area (Å²) in [6.07, 6.45) is 6.65. The lowest BCUT2D eigenvalue weighted by Crippen LogP contribution is -2.16. The molecule has 0 aliphatic heterocycles. The van der Waals surface area contributed by atoms with Crippen LogP contribution in [0.5, 0.6) is 0 Å². The van der Waals surface area contributed by atoms with Gasteiger partial charge in [-0.2, -0.15) is 0 Å². The van der Waals surface area contributed by atoms with Gasteiger partial charge >= 0.3 is 0 Å². The Morgan fingerprint density at radius 2 is 2.06 bits per heavy atom. The first kappa shape index (κ1) is 11.0. The average Bonchev–Trinajstić information content (AvgIpc) is 3.02. The molecule has 18 heavy (non-hydrogen) atoms. The predicted octanol–water partition coefficient (Wildman–Crippen LogP) is 3.49. The number of rotatable bonds is 1. The van der Waals surface area contributed by atoms with Gasteiger partial charge in [-0.1, -0.05) is 18.0 Å². The maximum absolute atomic E-state index is 6.28. The molecule has 6 heteroatoms. The fourth-order valence-electron chi connectivity index (χ4n) is 3.68. The molecule has 0 spiro atoms. The molecule has 2 heterocycles. The first-order chi connectivity index (χ1) is 8.74.